The van der Waals surface area contributed by atoms with Crippen LogP contribution in [0.3, 0.4) is 0 Å². The lowest BCUT2D eigenvalue weighted by Crippen LogP contribution is -2.52. The van der Waals surface area contributed by atoms with Crippen LogP contribution in [-0.2, 0) is 32.6 Å². The van der Waals surface area contributed by atoms with E-state index in [0.29, 0.717) is 24.5 Å². The number of anilines is 1. The standard InChI is InChI=1S/C33H42BrN3O5S/c1-5-25(3)35-33(39)31(23-26-11-8-7-9-12-26)36(24-27-14-16-28(34)17-15-27)32(38)13-10-22-37(43(4,40)41)29-18-20-30(21-19-29)42-6-2/h7-9,11-12,14-21,25,31H,5-6,10,13,22-24H2,1-4H3,(H,35,39). The van der Waals surface area contributed by atoms with Crippen LogP contribution in [-0.4, -0.2) is 56.6 Å². The Hall–Kier alpha value is -3.37. The molecule has 3 aromatic carbocycles. The molecule has 0 bridgehead atoms. The average Bonchev–Trinajstić information content (AvgIpc) is 2.98. The molecule has 0 saturated carbocycles. The molecule has 1 N–H and O–H groups in total. The van der Waals surface area contributed by atoms with Crippen molar-refractivity contribution in [3.63, 3.8) is 0 Å². The molecule has 0 aliphatic heterocycles. The summed E-state index contributed by atoms with van der Waals surface area (Å²) in [5.74, 6) is 0.220. The maximum absolute atomic E-state index is 13.9. The summed E-state index contributed by atoms with van der Waals surface area (Å²) in [6, 6.07) is 23.4. The zero-order valence-corrected chi connectivity index (χ0v) is 27.7. The average molecular weight is 673 g/mol. The third kappa shape index (κ3) is 10.7. The number of ether oxygens (including phenoxy) is 1. The summed E-state index contributed by atoms with van der Waals surface area (Å²) in [6.45, 7) is 6.69. The number of sulfonamides is 1. The van der Waals surface area contributed by atoms with Crippen LogP contribution in [0.25, 0.3) is 0 Å². The highest BCUT2D eigenvalue weighted by molar-refractivity contribution is 9.10. The quantitative estimate of drug-likeness (QED) is 0.203. The van der Waals surface area contributed by atoms with Gasteiger partial charge in [0.2, 0.25) is 21.8 Å². The summed E-state index contributed by atoms with van der Waals surface area (Å²) in [5.41, 5.74) is 2.33. The van der Waals surface area contributed by atoms with Gasteiger partial charge >= 0.3 is 0 Å². The second kappa shape index (κ2) is 16.5. The van der Waals surface area contributed by atoms with E-state index in [1.165, 1.54) is 4.31 Å². The second-order valence-corrected chi connectivity index (χ2v) is 13.4. The summed E-state index contributed by atoms with van der Waals surface area (Å²) in [6.07, 6.45) is 2.62. The lowest BCUT2D eigenvalue weighted by molar-refractivity contribution is -0.141. The van der Waals surface area contributed by atoms with Gasteiger partial charge in [-0.1, -0.05) is 65.3 Å². The molecule has 0 saturated heterocycles. The molecule has 8 nitrogen and oxygen atoms in total. The van der Waals surface area contributed by atoms with E-state index in [4.69, 9.17) is 4.74 Å². The Kier molecular flexibility index (Phi) is 13.1. The van der Waals surface area contributed by atoms with Crippen molar-refractivity contribution >= 4 is 43.5 Å². The number of hydrogen-bond acceptors (Lipinski definition) is 5. The minimum atomic E-state index is -3.60. The lowest BCUT2D eigenvalue weighted by Gasteiger charge is -2.32. The molecule has 0 fully saturated rings. The fourth-order valence-electron chi connectivity index (χ4n) is 4.66. The van der Waals surface area contributed by atoms with E-state index in [0.717, 1.165) is 28.3 Å². The summed E-state index contributed by atoms with van der Waals surface area (Å²) < 4.78 is 33.1. The SMILES string of the molecule is CCOc1ccc(N(CCCC(=O)N(Cc2ccc(Br)cc2)C(Cc2ccccc2)C(=O)NC(C)CC)S(C)(=O)=O)cc1. The van der Waals surface area contributed by atoms with Crippen molar-refractivity contribution < 1.29 is 22.7 Å². The van der Waals surface area contributed by atoms with Crippen molar-refractivity contribution in [2.24, 2.45) is 0 Å². The Morgan fingerprint density at radius 2 is 1.58 bits per heavy atom. The largest absolute Gasteiger partial charge is 0.494 e. The molecule has 2 unspecified atom stereocenters. The van der Waals surface area contributed by atoms with Crippen LogP contribution in [0, 0.1) is 0 Å². The summed E-state index contributed by atoms with van der Waals surface area (Å²) >= 11 is 3.46. The Morgan fingerprint density at radius 3 is 2.16 bits per heavy atom. The maximum atomic E-state index is 13.9. The predicted octanol–water partition coefficient (Wildman–Crippen LogP) is 5.95. The highest BCUT2D eigenvalue weighted by Gasteiger charge is 2.31. The molecule has 2 atom stereocenters. The van der Waals surface area contributed by atoms with E-state index in [1.54, 1.807) is 29.2 Å². The van der Waals surface area contributed by atoms with Gasteiger partial charge in [-0.3, -0.25) is 13.9 Å². The van der Waals surface area contributed by atoms with Crippen LogP contribution < -0.4 is 14.4 Å². The van der Waals surface area contributed by atoms with Crippen molar-refractivity contribution in [3.8, 4) is 5.75 Å². The highest BCUT2D eigenvalue weighted by Crippen LogP contribution is 2.23. The molecule has 0 spiro atoms. The van der Waals surface area contributed by atoms with Gasteiger partial charge in [0.25, 0.3) is 0 Å². The van der Waals surface area contributed by atoms with Crippen LogP contribution in [0.4, 0.5) is 5.69 Å². The van der Waals surface area contributed by atoms with Gasteiger partial charge in [-0.05, 0) is 74.2 Å². The number of nitrogens with zero attached hydrogens (tertiary/aromatic N) is 2. The van der Waals surface area contributed by atoms with Crippen molar-refractivity contribution in [1.82, 2.24) is 10.2 Å². The molecular formula is C33H42BrN3O5S. The van der Waals surface area contributed by atoms with E-state index in [9.17, 15) is 18.0 Å². The number of amides is 2. The number of carbonyl (C=O) groups excluding carboxylic acids is 2. The third-order valence-corrected chi connectivity index (χ3v) is 8.85. The minimum Gasteiger partial charge on any atom is -0.494 e. The van der Waals surface area contributed by atoms with Crippen LogP contribution in [0.5, 0.6) is 5.75 Å². The number of benzene rings is 3. The lowest BCUT2D eigenvalue weighted by atomic mass is 10.0. The van der Waals surface area contributed by atoms with E-state index < -0.39 is 16.1 Å². The molecule has 232 valence electrons. The van der Waals surface area contributed by atoms with Crippen molar-refractivity contribution in [2.45, 2.75) is 65.1 Å². The van der Waals surface area contributed by atoms with Crippen LogP contribution in [0.2, 0.25) is 0 Å². The Balaban J connectivity index is 1.86. The highest BCUT2D eigenvalue weighted by atomic mass is 79.9. The van der Waals surface area contributed by atoms with Gasteiger partial charge in [0.15, 0.2) is 0 Å². The van der Waals surface area contributed by atoms with E-state index in [1.807, 2.05) is 75.4 Å². The van der Waals surface area contributed by atoms with Crippen molar-refractivity contribution in [2.75, 3.05) is 23.7 Å². The first kappa shape index (κ1) is 34.1. The minimum absolute atomic E-state index is 0.0483. The second-order valence-electron chi connectivity index (χ2n) is 10.5. The first-order valence-corrected chi connectivity index (χ1v) is 17.2. The third-order valence-electron chi connectivity index (χ3n) is 7.13. The van der Waals surface area contributed by atoms with Gasteiger partial charge < -0.3 is 15.0 Å². The zero-order valence-electron chi connectivity index (χ0n) is 25.3. The van der Waals surface area contributed by atoms with Gasteiger partial charge in [-0.15, -0.1) is 0 Å². The summed E-state index contributed by atoms with van der Waals surface area (Å²) in [7, 11) is -3.60. The molecular weight excluding hydrogens is 630 g/mol. The molecule has 0 aliphatic carbocycles. The zero-order chi connectivity index (χ0) is 31.4. The van der Waals surface area contributed by atoms with Gasteiger partial charge in [0.1, 0.15) is 11.8 Å². The number of rotatable bonds is 16. The summed E-state index contributed by atoms with van der Waals surface area (Å²) in [5, 5.41) is 3.07. The van der Waals surface area contributed by atoms with Gasteiger partial charge in [0, 0.05) is 36.4 Å². The van der Waals surface area contributed by atoms with Crippen LogP contribution in [0.15, 0.2) is 83.3 Å². The normalized spacial score (nSPS) is 12.7. The van der Waals surface area contributed by atoms with Crippen molar-refractivity contribution in [1.29, 1.82) is 0 Å². The molecule has 43 heavy (non-hydrogen) atoms. The fourth-order valence-corrected chi connectivity index (χ4v) is 5.89. The molecule has 10 heteroatoms. The maximum Gasteiger partial charge on any atom is 0.243 e. The summed E-state index contributed by atoms with van der Waals surface area (Å²) in [4.78, 5) is 29.2. The number of carbonyl (C=O) groups is 2. The molecule has 2 amide bonds. The van der Waals surface area contributed by atoms with Gasteiger partial charge in [-0.25, -0.2) is 8.42 Å². The number of halogens is 1. The molecule has 3 aromatic rings. The molecule has 0 heterocycles. The van der Waals surface area contributed by atoms with Crippen LogP contribution >= 0.6 is 15.9 Å². The topological polar surface area (TPSA) is 96.0 Å². The van der Waals surface area contributed by atoms with Gasteiger partial charge in [0.05, 0.1) is 18.6 Å². The van der Waals surface area contributed by atoms with E-state index >= 15 is 0 Å². The predicted molar refractivity (Wildman–Crippen MR) is 176 cm³/mol. The molecule has 3 rings (SSSR count). The molecule has 0 aromatic heterocycles. The van der Waals surface area contributed by atoms with E-state index in [-0.39, 0.29) is 43.8 Å². The molecule has 0 radical (unpaired) electrons. The number of nitrogens with one attached hydrogen (secondary N) is 1. The Labute approximate surface area is 264 Å². The monoisotopic (exact) mass is 671 g/mol. The van der Waals surface area contributed by atoms with Crippen molar-refractivity contribution in [3.05, 3.63) is 94.5 Å². The molecule has 0 aliphatic rings. The fraction of sp³-hybridized carbons (Fsp3) is 0.394. The Bertz CT molecular complexity index is 1420. The Morgan fingerprint density at radius 1 is 0.930 bits per heavy atom. The number of hydrogen-bond donors (Lipinski definition) is 1. The smallest absolute Gasteiger partial charge is 0.243 e. The first-order chi connectivity index (χ1) is 20.5. The van der Waals surface area contributed by atoms with E-state index in [2.05, 4.69) is 21.2 Å². The first-order valence-electron chi connectivity index (χ1n) is 14.6. The van der Waals surface area contributed by atoms with Crippen LogP contribution in [0.1, 0.15) is 51.2 Å². The van der Waals surface area contributed by atoms with Gasteiger partial charge in [-0.2, -0.15) is 0 Å².